The topological polar surface area (TPSA) is 56.7 Å². The van der Waals surface area contributed by atoms with Crippen LogP contribution < -0.4 is 5.73 Å². The van der Waals surface area contributed by atoms with Crippen molar-refractivity contribution in [3.63, 3.8) is 0 Å². The summed E-state index contributed by atoms with van der Waals surface area (Å²) in [6.07, 6.45) is 0. The number of hydrogen-bond acceptors (Lipinski definition) is 3. The Labute approximate surface area is 99.1 Å². The predicted octanol–water partition coefficient (Wildman–Crippen LogP) is 2.32. The van der Waals surface area contributed by atoms with Gasteiger partial charge in [-0.3, -0.25) is 0 Å². The fourth-order valence-electron chi connectivity index (χ4n) is 2.22. The highest BCUT2D eigenvalue weighted by atomic mass is 15.3. The van der Waals surface area contributed by atoms with Crippen LogP contribution in [0.4, 0.5) is 5.82 Å². The first kappa shape index (κ1) is 10.1. The van der Waals surface area contributed by atoms with Crippen LogP contribution in [0.25, 0.3) is 21.9 Å². The van der Waals surface area contributed by atoms with Crippen molar-refractivity contribution in [2.45, 2.75) is 13.8 Å². The Morgan fingerprint density at radius 2 is 1.82 bits per heavy atom. The Hall–Kier alpha value is -2.10. The summed E-state index contributed by atoms with van der Waals surface area (Å²) in [7, 11) is 1.86. The molecular weight excluding hydrogens is 212 g/mol. The van der Waals surface area contributed by atoms with Crippen LogP contribution in [0.5, 0.6) is 0 Å². The molecule has 3 aromatic rings. The van der Waals surface area contributed by atoms with Crippen molar-refractivity contribution in [3.05, 3.63) is 29.3 Å². The minimum Gasteiger partial charge on any atom is -0.382 e. The molecular formula is C13H14N4. The third-order valence-electron chi connectivity index (χ3n) is 3.22. The quantitative estimate of drug-likeness (QED) is 0.640. The lowest BCUT2D eigenvalue weighted by Crippen LogP contribution is -1.94. The van der Waals surface area contributed by atoms with Crippen molar-refractivity contribution < 1.29 is 0 Å². The van der Waals surface area contributed by atoms with Crippen molar-refractivity contribution >= 4 is 27.8 Å². The molecule has 17 heavy (non-hydrogen) atoms. The number of pyridine rings is 1. The summed E-state index contributed by atoms with van der Waals surface area (Å²) >= 11 is 0. The van der Waals surface area contributed by atoms with Crippen LogP contribution in [0.3, 0.4) is 0 Å². The van der Waals surface area contributed by atoms with E-state index in [4.69, 9.17) is 5.73 Å². The van der Waals surface area contributed by atoms with Gasteiger partial charge in [0, 0.05) is 12.4 Å². The number of anilines is 1. The smallest absolute Gasteiger partial charge is 0.160 e. The molecule has 86 valence electrons. The number of nitrogen functional groups attached to an aromatic ring is 1. The van der Waals surface area contributed by atoms with Gasteiger partial charge >= 0.3 is 0 Å². The van der Waals surface area contributed by atoms with Gasteiger partial charge in [0.1, 0.15) is 0 Å². The molecule has 4 heteroatoms. The molecule has 0 aliphatic heterocycles. The standard InChI is InChI=1S/C13H14N4/c1-7-4-5-8(2)11-9(7)6-10-12(14)16-17(3)13(10)15-11/h4-6H,1-3H3,(H2,14,16). The molecule has 0 bridgehead atoms. The lowest BCUT2D eigenvalue weighted by molar-refractivity contribution is 0.792. The van der Waals surface area contributed by atoms with E-state index in [1.165, 1.54) is 11.1 Å². The number of aryl methyl sites for hydroxylation is 3. The molecule has 2 N–H and O–H groups in total. The number of benzene rings is 1. The van der Waals surface area contributed by atoms with Gasteiger partial charge in [0.25, 0.3) is 0 Å². The van der Waals surface area contributed by atoms with Crippen LogP contribution >= 0.6 is 0 Å². The number of fused-ring (bicyclic) bond motifs is 2. The molecule has 0 atom stereocenters. The number of aromatic nitrogens is 3. The van der Waals surface area contributed by atoms with E-state index in [0.717, 1.165) is 21.9 Å². The monoisotopic (exact) mass is 226 g/mol. The van der Waals surface area contributed by atoms with Crippen molar-refractivity contribution in [1.82, 2.24) is 14.8 Å². The van der Waals surface area contributed by atoms with Gasteiger partial charge in [-0.05, 0) is 31.0 Å². The molecule has 0 saturated heterocycles. The molecule has 0 amide bonds. The van der Waals surface area contributed by atoms with Crippen molar-refractivity contribution in [2.24, 2.45) is 7.05 Å². The normalized spacial score (nSPS) is 11.5. The fraction of sp³-hybridized carbons (Fsp3) is 0.231. The summed E-state index contributed by atoms with van der Waals surface area (Å²) < 4.78 is 1.73. The largest absolute Gasteiger partial charge is 0.382 e. The van der Waals surface area contributed by atoms with E-state index < -0.39 is 0 Å². The lowest BCUT2D eigenvalue weighted by atomic mass is 10.0. The number of nitrogens with two attached hydrogens (primary N) is 1. The minimum absolute atomic E-state index is 0.540. The third-order valence-corrected chi connectivity index (χ3v) is 3.22. The van der Waals surface area contributed by atoms with Crippen LogP contribution in [0.1, 0.15) is 11.1 Å². The van der Waals surface area contributed by atoms with Crippen LogP contribution in [0, 0.1) is 13.8 Å². The summed E-state index contributed by atoms with van der Waals surface area (Å²) in [6, 6.07) is 6.29. The Kier molecular flexibility index (Phi) is 1.90. The van der Waals surface area contributed by atoms with E-state index in [0.29, 0.717) is 5.82 Å². The average molecular weight is 226 g/mol. The van der Waals surface area contributed by atoms with Crippen LogP contribution in [-0.2, 0) is 7.05 Å². The molecule has 2 aromatic heterocycles. The van der Waals surface area contributed by atoms with Crippen molar-refractivity contribution in [1.29, 1.82) is 0 Å². The maximum atomic E-state index is 5.88. The third kappa shape index (κ3) is 1.30. The second-order valence-electron chi connectivity index (χ2n) is 4.46. The first-order valence-corrected chi connectivity index (χ1v) is 5.57. The van der Waals surface area contributed by atoms with Gasteiger partial charge in [-0.1, -0.05) is 12.1 Å². The van der Waals surface area contributed by atoms with E-state index in [2.05, 4.69) is 42.1 Å². The molecule has 2 heterocycles. The highest BCUT2D eigenvalue weighted by Crippen LogP contribution is 2.27. The highest BCUT2D eigenvalue weighted by Gasteiger charge is 2.10. The van der Waals surface area contributed by atoms with Crippen molar-refractivity contribution in [2.75, 3.05) is 5.73 Å². The Balaban J connectivity index is 2.58. The van der Waals surface area contributed by atoms with Crippen LogP contribution in [-0.4, -0.2) is 14.8 Å². The maximum absolute atomic E-state index is 5.88. The number of rotatable bonds is 0. The Morgan fingerprint density at radius 1 is 1.12 bits per heavy atom. The van der Waals surface area contributed by atoms with Crippen LogP contribution in [0.2, 0.25) is 0 Å². The minimum atomic E-state index is 0.540. The van der Waals surface area contributed by atoms with Gasteiger partial charge in [-0.15, -0.1) is 0 Å². The number of nitrogens with zero attached hydrogens (tertiary/aromatic N) is 3. The summed E-state index contributed by atoms with van der Waals surface area (Å²) in [6.45, 7) is 4.15. The van der Waals surface area contributed by atoms with Crippen LogP contribution in [0.15, 0.2) is 18.2 Å². The SMILES string of the molecule is Cc1ccc(C)c2nc3c(cc12)c(N)nn3C. The molecule has 0 radical (unpaired) electrons. The summed E-state index contributed by atoms with van der Waals surface area (Å²) in [5.41, 5.74) is 10.1. The van der Waals surface area contributed by atoms with Crippen molar-refractivity contribution in [3.8, 4) is 0 Å². The van der Waals surface area contributed by atoms with Gasteiger partial charge in [0.2, 0.25) is 0 Å². The first-order chi connectivity index (χ1) is 8.08. The lowest BCUT2D eigenvalue weighted by Gasteiger charge is -2.05. The maximum Gasteiger partial charge on any atom is 0.160 e. The number of hydrogen-bond donors (Lipinski definition) is 1. The zero-order valence-electron chi connectivity index (χ0n) is 10.2. The van der Waals surface area contributed by atoms with E-state index in [1.807, 2.05) is 7.05 Å². The molecule has 4 nitrogen and oxygen atoms in total. The molecule has 0 fully saturated rings. The second-order valence-corrected chi connectivity index (χ2v) is 4.46. The zero-order valence-corrected chi connectivity index (χ0v) is 10.2. The summed E-state index contributed by atoms with van der Waals surface area (Å²) in [5.74, 6) is 0.540. The fourth-order valence-corrected chi connectivity index (χ4v) is 2.22. The predicted molar refractivity (Wildman–Crippen MR) is 69.9 cm³/mol. The Bertz CT molecular complexity index is 679. The molecule has 0 spiro atoms. The average Bonchev–Trinajstić information content (AvgIpc) is 2.58. The van der Waals surface area contributed by atoms with E-state index in [1.54, 1.807) is 4.68 Å². The molecule has 0 aliphatic rings. The van der Waals surface area contributed by atoms with Gasteiger partial charge in [-0.25, -0.2) is 9.67 Å². The molecule has 0 saturated carbocycles. The summed E-state index contributed by atoms with van der Waals surface area (Å²) in [5, 5.41) is 6.28. The van der Waals surface area contributed by atoms with Gasteiger partial charge < -0.3 is 5.73 Å². The highest BCUT2D eigenvalue weighted by molar-refractivity contribution is 5.98. The van der Waals surface area contributed by atoms with Gasteiger partial charge in [0.15, 0.2) is 11.5 Å². The molecule has 0 unspecified atom stereocenters. The van der Waals surface area contributed by atoms with E-state index in [-0.39, 0.29) is 0 Å². The van der Waals surface area contributed by atoms with E-state index in [9.17, 15) is 0 Å². The van der Waals surface area contributed by atoms with E-state index >= 15 is 0 Å². The van der Waals surface area contributed by atoms with Gasteiger partial charge in [0.05, 0.1) is 10.9 Å². The molecule has 3 rings (SSSR count). The summed E-state index contributed by atoms with van der Waals surface area (Å²) in [4.78, 5) is 4.68. The molecule has 1 aromatic carbocycles. The molecule has 0 aliphatic carbocycles. The van der Waals surface area contributed by atoms with Gasteiger partial charge in [-0.2, -0.15) is 5.10 Å². The first-order valence-electron chi connectivity index (χ1n) is 5.57. The Morgan fingerprint density at radius 3 is 2.59 bits per heavy atom. The second kappa shape index (κ2) is 3.20. The zero-order chi connectivity index (χ0) is 12.2.